The number of hydrogen-bond donors (Lipinski definition) is 1. The topological polar surface area (TPSA) is 89.8 Å². The summed E-state index contributed by atoms with van der Waals surface area (Å²) in [4.78, 5) is 11.3. The molecular formula is C10H11Cl2N5O2S. The second-order valence-corrected chi connectivity index (χ2v) is 6.19. The largest absolute Gasteiger partial charge is 0.334 e. The summed E-state index contributed by atoms with van der Waals surface area (Å²) in [5.74, 6) is 0.592. The van der Waals surface area contributed by atoms with E-state index in [1.807, 2.05) is 6.92 Å². The Morgan fingerprint density at radius 1 is 1.30 bits per heavy atom. The standard InChI is InChI=1S/C10H11Cl2N5O2S/c1-3-17-4-7(15-6(17)2)20(18,19)16-8-9(11)13-5-14-10(8)12/h4-5,16H,3H2,1-2H3. The first-order valence-electron chi connectivity index (χ1n) is 5.57. The average molecular weight is 336 g/mol. The number of nitrogens with one attached hydrogen (secondary N) is 1. The summed E-state index contributed by atoms with van der Waals surface area (Å²) >= 11 is 11.6. The van der Waals surface area contributed by atoms with Crippen LogP contribution in [-0.4, -0.2) is 27.9 Å². The van der Waals surface area contributed by atoms with Crippen LogP contribution in [0.5, 0.6) is 0 Å². The molecule has 0 fully saturated rings. The summed E-state index contributed by atoms with van der Waals surface area (Å²) < 4.78 is 28.4. The normalized spacial score (nSPS) is 11.6. The van der Waals surface area contributed by atoms with Crippen LogP contribution in [0, 0.1) is 6.92 Å². The molecule has 0 bridgehead atoms. The number of halogens is 2. The molecule has 0 atom stereocenters. The van der Waals surface area contributed by atoms with Gasteiger partial charge in [-0.2, -0.15) is 8.42 Å². The van der Waals surface area contributed by atoms with Crippen LogP contribution in [0.2, 0.25) is 10.3 Å². The van der Waals surface area contributed by atoms with E-state index in [0.29, 0.717) is 12.4 Å². The van der Waals surface area contributed by atoms with Crippen LogP contribution in [0.25, 0.3) is 0 Å². The van der Waals surface area contributed by atoms with Crippen LogP contribution in [0.15, 0.2) is 17.6 Å². The third-order valence-corrected chi connectivity index (χ3v) is 4.35. The Labute approximate surface area is 126 Å². The highest BCUT2D eigenvalue weighted by atomic mass is 35.5. The van der Waals surface area contributed by atoms with Gasteiger partial charge >= 0.3 is 0 Å². The number of rotatable bonds is 4. The quantitative estimate of drug-likeness (QED) is 0.864. The molecule has 1 N–H and O–H groups in total. The van der Waals surface area contributed by atoms with E-state index >= 15 is 0 Å². The molecule has 0 radical (unpaired) electrons. The minimum Gasteiger partial charge on any atom is -0.334 e. The lowest BCUT2D eigenvalue weighted by Crippen LogP contribution is -2.14. The lowest BCUT2D eigenvalue weighted by molar-refractivity contribution is 0.598. The Morgan fingerprint density at radius 2 is 1.90 bits per heavy atom. The van der Waals surface area contributed by atoms with Crippen molar-refractivity contribution in [1.29, 1.82) is 0 Å². The summed E-state index contributed by atoms with van der Waals surface area (Å²) in [6.07, 6.45) is 2.57. The van der Waals surface area contributed by atoms with Crippen LogP contribution in [0.1, 0.15) is 12.7 Å². The SMILES string of the molecule is CCn1cc(S(=O)(=O)Nc2c(Cl)ncnc2Cl)nc1C. The van der Waals surface area contributed by atoms with E-state index in [2.05, 4.69) is 19.7 Å². The van der Waals surface area contributed by atoms with Gasteiger partial charge in [-0.15, -0.1) is 0 Å². The molecule has 0 saturated heterocycles. The minimum absolute atomic E-state index is 0.0699. The van der Waals surface area contributed by atoms with Gasteiger partial charge in [0.2, 0.25) is 0 Å². The van der Waals surface area contributed by atoms with Crippen LogP contribution in [-0.2, 0) is 16.6 Å². The Balaban J connectivity index is 2.41. The van der Waals surface area contributed by atoms with Gasteiger partial charge in [-0.05, 0) is 13.8 Å². The van der Waals surface area contributed by atoms with E-state index in [1.54, 1.807) is 11.5 Å². The molecule has 0 aliphatic heterocycles. The van der Waals surface area contributed by atoms with E-state index < -0.39 is 10.0 Å². The van der Waals surface area contributed by atoms with E-state index in [-0.39, 0.29) is 21.0 Å². The summed E-state index contributed by atoms with van der Waals surface area (Å²) in [6, 6.07) is 0. The lowest BCUT2D eigenvalue weighted by Gasteiger charge is -2.07. The third kappa shape index (κ3) is 2.87. The summed E-state index contributed by atoms with van der Waals surface area (Å²) in [5.41, 5.74) is -0.0699. The van der Waals surface area contributed by atoms with Crippen LogP contribution >= 0.6 is 23.2 Å². The Hall–Kier alpha value is -1.38. The van der Waals surface area contributed by atoms with Crippen molar-refractivity contribution in [2.45, 2.75) is 25.4 Å². The highest BCUT2D eigenvalue weighted by Crippen LogP contribution is 2.28. The smallest absolute Gasteiger partial charge is 0.281 e. The van der Waals surface area contributed by atoms with Crippen LogP contribution < -0.4 is 4.72 Å². The molecule has 0 unspecified atom stereocenters. The second kappa shape index (κ2) is 5.55. The fourth-order valence-electron chi connectivity index (χ4n) is 1.54. The van der Waals surface area contributed by atoms with E-state index in [9.17, 15) is 8.42 Å². The molecule has 10 heteroatoms. The van der Waals surface area contributed by atoms with Gasteiger partial charge in [0.25, 0.3) is 10.0 Å². The first kappa shape index (κ1) is 15.0. The minimum atomic E-state index is -3.90. The van der Waals surface area contributed by atoms with Gasteiger partial charge in [0.15, 0.2) is 15.3 Å². The summed E-state index contributed by atoms with van der Waals surface area (Å²) in [5, 5.41) is -0.284. The summed E-state index contributed by atoms with van der Waals surface area (Å²) in [7, 11) is -3.90. The van der Waals surface area contributed by atoms with Crippen LogP contribution in [0.4, 0.5) is 5.69 Å². The molecule has 20 heavy (non-hydrogen) atoms. The lowest BCUT2D eigenvalue weighted by atomic mass is 10.6. The fraction of sp³-hybridized carbons (Fsp3) is 0.300. The fourth-order valence-corrected chi connectivity index (χ4v) is 3.15. The van der Waals surface area contributed by atoms with Gasteiger partial charge in [-0.3, -0.25) is 4.72 Å². The molecule has 2 rings (SSSR count). The highest BCUT2D eigenvalue weighted by molar-refractivity contribution is 7.92. The van der Waals surface area contributed by atoms with Crippen molar-refractivity contribution in [3.63, 3.8) is 0 Å². The number of imidazole rings is 1. The Bertz CT molecular complexity index is 724. The maximum atomic E-state index is 12.2. The van der Waals surface area contributed by atoms with E-state index in [4.69, 9.17) is 23.2 Å². The van der Waals surface area contributed by atoms with Crippen molar-refractivity contribution in [3.05, 3.63) is 28.7 Å². The Kier molecular flexibility index (Phi) is 4.17. The molecular weight excluding hydrogens is 325 g/mol. The highest BCUT2D eigenvalue weighted by Gasteiger charge is 2.22. The number of nitrogens with zero attached hydrogens (tertiary/aromatic N) is 4. The molecule has 0 saturated carbocycles. The molecule has 7 nitrogen and oxygen atoms in total. The van der Waals surface area contributed by atoms with Gasteiger partial charge < -0.3 is 4.57 Å². The van der Waals surface area contributed by atoms with Gasteiger partial charge in [0, 0.05) is 12.7 Å². The molecule has 108 valence electrons. The molecule has 0 aromatic carbocycles. The van der Waals surface area contributed by atoms with Gasteiger partial charge in [0.05, 0.1) is 0 Å². The van der Waals surface area contributed by atoms with Gasteiger partial charge in [-0.25, -0.2) is 15.0 Å². The third-order valence-electron chi connectivity index (χ3n) is 2.56. The van der Waals surface area contributed by atoms with Crippen LogP contribution in [0.3, 0.4) is 0 Å². The average Bonchev–Trinajstić information content (AvgIpc) is 2.76. The molecule has 2 aromatic rings. The molecule has 0 spiro atoms. The first-order chi connectivity index (χ1) is 9.35. The maximum Gasteiger partial charge on any atom is 0.281 e. The predicted molar refractivity (Wildman–Crippen MR) is 75.5 cm³/mol. The Morgan fingerprint density at radius 3 is 2.40 bits per heavy atom. The molecule has 0 amide bonds. The predicted octanol–water partition coefficient (Wildman–Crippen LogP) is 2.11. The van der Waals surface area contributed by atoms with Crippen molar-refractivity contribution in [2.24, 2.45) is 0 Å². The zero-order chi connectivity index (χ0) is 14.9. The zero-order valence-corrected chi connectivity index (χ0v) is 13.0. The zero-order valence-electron chi connectivity index (χ0n) is 10.6. The summed E-state index contributed by atoms with van der Waals surface area (Å²) in [6.45, 7) is 4.22. The second-order valence-electron chi connectivity index (χ2n) is 3.85. The number of aryl methyl sites for hydroxylation is 2. The van der Waals surface area contributed by atoms with E-state index in [0.717, 1.165) is 6.33 Å². The number of hydrogen-bond acceptors (Lipinski definition) is 5. The van der Waals surface area contributed by atoms with Crippen molar-refractivity contribution in [2.75, 3.05) is 4.72 Å². The first-order valence-corrected chi connectivity index (χ1v) is 7.81. The molecule has 0 aliphatic carbocycles. The number of anilines is 1. The van der Waals surface area contributed by atoms with Crippen molar-refractivity contribution < 1.29 is 8.42 Å². The molecule has 0 aliphatic rings. The van der Waals surface area contributed by atoms with Crippen molar-refractivity contribution >= 4 is 38.9 Å². The number of sulfonamides is 1. The van der Waals surface area contributed by atoms with Gasteiger partial charge in [0.1, 0.15) is 17.8 Å². The molecule has 2 heterocycles. The monoisotopic (exact) mass is 335 g/mol. The van der Waals surface area contributed by atoms with E-state index in [1.165, 1.54) is 6.20 Å². The van der Waals surface area contributed by atoms with Gasteiger partial charge in [-0.1, -0.05) is 23.2 Å². The molecule has 2 aromatic heterocycles. The van der Waals surface area contributed by atoms with Crippen molar-refractivity contribution in [3.8, 4) is 0 Å². The number of aromatic nitrogens is 4. The maximum absolute atomic E-state index is 12.2. The van der Waals surface area contributed by atoms with Crippen molar-refractivity contribution in [1.82, 2.24) is 19.5 Å².